The van der Waals surface area contributed by atoms with E-state index in [-0.39, 0.29) is 31.2 Å². The molecule has 0 unspecified atom stereocenters. The number of hydrogen-bond donors (Lipinski definition) is 3. The highest BCUT2D eigenvalue weighted by Gasteiger charge is 2.11. The number of ether oxygens (including phenoxy) is 2. The maximum atomic E-state index is 12.3. The molecule has 148 valence electrons. The molecule has 0 aromatic heterocycles. The molecule has 2 aromatic rings. The summed E-state index contributed by atoms with van der Waals surface area (Å²) in [6.45, 7) is 0.0506. The molecular formula is C20H22N2O6. The Labute approximate surface area is 162 Å². The van der Waals surface area contributed by atoms with Crippen molar-refractivity contribution in [3.8, 4) is 11.5 Å². The minimum Gasteiger partial charge on any atom is -0.497 e. The molecule has 0 aliphatic rings. The molecule has 0 fully saturated rings. The molecule has 0 bridgehead atoms. The van der Waals surface area contributed by atoms with E-state index in [1.807, 2.05) is 0 Å². The molecule has 0 spiro atoms. The first-order valence-electron chi connectivity index (χ1n) is 8.53. The van der Waals surface area contributed by atoms with E-state index >= 15 is 0 Å². The molecule has 0 aliphatic heterocycles. The Morgan fingerprint density at radius 1 is 1.00 bits per heavy atom. The Kier molecular flexibility index (Phi) is 7.38. The van der Waals surface area contributed by atoms with E-state index in [4.69, 9.17) is 14.6 Å². The zero-order valence-electron chi connectivity index (χ0n) is 15.7. The fraction of sp³-hybridized carbons (Fsp3) is 0.250. The van der Waals surface area contributed by atoms with E-state index in [1.54, 1.807) is 49.6 Å². The molecular weight excluding hydrogens is 364 g/mol. The second kappa shape index (κ2) is 9.96. The summed E-state index contributed by atoms with van der Waals surface area (Å²) in [5, 5.41) is 13.9. The molecule has 2 rings (SSSR count). The summed E-state index contributed by atoms with van der Waals surface area (Å²) in [6.07, 6.45) is -0.0502. The molecule has 0 saturated carbocycles. The molecule has 3 N–H and O–H groups in total. The predicted octanol–water partition coefficient (Wildman–Crippen LogP) is 2.09. The minimum atomic E-state index is -0.981. The SMILES string of the molecule is COc1ccc(OC)c(CC(=O)Nc2ccc(C(=O)NCCC(=O)O)cc2)c1. The van der Waals surface area contributed by atoms with Crippen LogP contribution in [0.3, 0.4) is 0 Å². The summed E-state index contributed by atoms with van der Waals surface area (Å²) in [6, 6.07) is 11.5. The Balaban J connectivity index is 1.96. The van der Waals surface area contributed by atoms with Gasteiger partial charge in [0.1, 0.15) is 11.5 Å². The van der Waals surface area contributed by atoms with Crippen molar-refractivity contribution in [2.75, 3.05) is 26.1 Å². The monoisotopic (exact) mass is 386 g/mol. The van der Waals surface area contributed by atoms with E-state index in [0.29, 0.717) is 28.3 Å². The normalized spacial score (nSPS) is 10.1. The summed E-state index contributed by atoms with van der Waals surface area (Å²) < 4.78 is 10.4. The average Bonchev–Trinajstić information content (AvgIpc) is 2.68. The van der Waals surface area contributed by atoms with Gasteiger partial charge in [-0.3, -0.25) is 14.4 Å². The molecule has 2 aromatic carbocycles. The number of aliphatic carboxylic acids is 1. The van der Waals surface area contributed by atoms with Gasteiger partial charge in [0.2, 0.25) is 5.91 Å². The van der Waals surface area contributed by atoms with Crippen molar-refractivity contribution in [3.05, 3.63) is 53.6 Å². The molecule has 28 heavy (non-hydrogen) atoms. The highest BCUT2D eigenvalue weighted by molar-refractivity contribution is 5.96. The van der Waals surface area contributed by atoms with Crippen LogP contribution < -0.4 is 20.1 Å². The molecule has 0 atom stereocenters. The van der Waals surface area contributed by atoms with Gasteiger partial charge in [-0.15, -0.1) is 0 Å². The predicted molar refractivity (Wildman–Crippen MR) is 103 cm³/mol. The van der Waals surface area contributed by atoms with Crippen molar-refractivity contribution in [3.63, 3.8) is 0 Å². The Morgan fingerprint density at radius 3 is 2.32 bits per heavy atom. The first kappa shape index (κ1) is 20.8. The minimum absolute atomic E-state index is 0.0506. The van der Waals surface area contributed by atoms with Crippen LogP contribution in [0.5, 0.6) is 11.5 Å². The van der Waals surface area contributed by atoms with Crippen LogP contribution in [0.15, 0.2) is 42.5 Å². The maximum absolute atomic E-state index is 12.3. The van der Waals surface area contributed by atoms with Crippen LogP contribution in [-0.2, 0) is 16.0 Å². The van der Waals surface area contributed by atoms with E-state index in [0.717, 1.165) is 0 Å². The van der Waals surface area contributed by atoms with Gasteiger partial charge in [0.25, 0.3) is 5.91 Å². The first-order chi connectivity index (χ1) is 13.4. The third-order valence-electron chi connectivity index (χ3n) is 3.89. The quantitative estimate of drug-likeness (QED) is 0.608. The third-order valence-corrected chi connectivity index (χ3v) is 3.89. The van der Waals surface area contributed by atoms with E-state index in [9.17, 15) is 14.4 Å². The van der Waals surface area contributed by atoms with Gasteiger partial charge in [-0.05, 0) is 42.5 Å². The van der Waals surface area contributed by atoms with Crippen LogP contribution in [0, 0.1) is 0 Å². The lowest BCUT2D eigenvalue weighted by molar-refractivity contribution is -0.136. The van der Waals surface area contributed by atoms with Gasteiger partial charge >= 0.3 is 5.97 Å². The summed E-state index contributed by atoms with van der Waals surface area (Å²) in [4.78, 5) is 34.7. The molecule has 0 aliphatic carbocycles. The van der Waals surface area contributed by atoms with Gasteiger partial charge in [0.05, 0.1) is 27.1 Å². The van der Waals surface area contributed by atoms with Crippen molar-refractivity contribution in [1.82, 2.24) is 5.32 Å². The Morgan fingerprint density at radius 2 is 1.71 bits per heavy atom. The zero-order chi connectivity index (χ0) is 20.5. The number of hydrogen-bond acceptors (Lipinski definition) is 5. The number of carboxylic acid groups (broad SMARTS) is 1. The first-order valence-corrected chi connectivity index (χ1v) is 8.53. The van der Waals surface area contributed by atoms with Crippen LogP contribution in [-0.4, -0.2) is 43.7 Å². The molecule has 0 heterocycles. The van der Waals surface area contributed by atoms with Crippen LogP contribution in [0.4, 0.5) is 5.69 Å². The Hall–Kier alpha value is -3.55. The van der Waals surface area contributed by atoms with Crippen LogP contribution in [0.25, 0.3) is 0 Å². The van der Waals surface area contributed by atoms with Gasteiger partial charge < -0.3 is 25.2 Å². The van der Waals surface area contributed by atoms with E-state index < -0.39 is 5.97 Å². The standard InChI is InChI=1S/C20H22N2O6/c1-27-16-7-8-17(28-2)14(11-16)12-18(23)22-15-5-3-13(4-6-15)20(26)21-10-9-19(24)25/h3-8,11H,9-10,12H2,1-2H3,(H,21,26)(H,22,23)(H,24,25). The summed E-state index contributed by atoms with van der Waals surface area (Å²) >= 11 is 0. The molecule has 8 heteroatoms. The second-order valence-electron chi connectivity index (χ2n) is 5.88. The fourth-order valence-electron chi connectivity index (χ4n) is 2.49. The third kappa shape index (κ3) is 6.01. The van der Waals surface area contributed by atoms with Gasteiger partial charge in [-0.1, -0.05) is 0 Å². The molecule has 0 radical (unpaired) electrons. The van der Waals surface area contributed by atoms with Crippen molar-refractivity contribution >= 4 is 23.5 Å². The number of carboxylic acids is 1. The number of nitrogens with one attached hydrogen (secondary N) is 2. The molecule has 2 amide bonds. The van der Waals surface area contributed by atoms with Crippen molar-refractivity contribution in [2.45, 2.75) is 12.8 Å². The number of carbonyl (C=O) groups excluding carboxylic acids is 2. The van der Waals surface area contributed by atoms with Crippen LogP contribution in [0.2, 0.25) is 0 Å². The lowest BCUT2D eigenvalue weighted by Crippen LogP contribution is -2.26. The number of amides is 2. The number of carbonyl (C=O) groups is 3. The van der Waals surface area contributed by atoms with Gasteiger partial charge in [-0.2, -0.15) is 0 Å². The average molecular weight is 386 g/mol. The molecule has 0 saturated heterocycles. The summed E-state index contributed by atoms with van der Waals surface area (Å²) in [5.74, 6) is -0.386. The lowest BCUT2D eigenvalue weighted by Gasteiger charge is -2.11. The van der Waals surface area contributed by atoms with Crippen molar-refractivity contribution in [1.29, 1.82) is 0 Å². The van der Waals surface area contributed by atoms with Gasteiger partial charge in [-0.25, -0.2) is 0 Å². The number of methoxy groups -OCH3 is 2. The summed E-state index contributed by atoms with van der Waals surface area (Å²) in [7, 11) is 3.08. The number of anilines is 1. The highest BCUT2D eigenvalue weighted by atomic mass is 16.5. The molecule has 8 nitrogen and oxygen atoms in total. The summed E-state index contributed by atoms with van der Waals surface area (Å²) in [5.41, 5.74) is 1.60. The number of benzene rings is 2. The maximum Gasteiger partial charge on any atom is 0.305 e. The van der Waals surface area contributed by atoms with Crippen molar-refractivity contribution < 1.29 is 29.0 Å². The second-order valence-corrected chi connectivity index (χ2v) is 5.88. The fourth-order valence-corrected chi connectivity index (χ4v) is 2.49. The topological polar surface area (TPSA) is 114 Å². The number of rotatable bonds is 9. The zero-order valence-corrected chi connectivity index (χ0v) is 15.7. The van der Waals surface area contributed by atoms with E-state index in [2.05, 4.69) is 10.6 Å². The van der Waals surface area contributed by atoms with Crippen LogP contribution in [0.1, 0.15) is 22.3 Å². The highest BCUT2D eigenvalue weighted by Crippen LogP contribution is 2.24. The van der Waals surface area contributed by atoms with Gasteiger partial charge in [0, 0.05) is 23.4 Å². The van der Waals surface area contributed by atoms with Crippen molar-refractivity contribution in [2.24, 2.45) is 0 Å². The largest absolute Gasteiger partial charge is 0.497 e. The lowest BCUT2D eigenvalue weighted by atomic mass is 10.1. The van der Waals surface area contributed by atoms with Crippen LogP contribution >= 0.6 is 0 Å². The smallest absolute Gasteiger partial charge is 0.305 e. The van der Waals surface area contributed by atoms with E-state index in [1.165, 1.54) is 7.11 Å². The Bertz CT molecular complexity index is 848. The van der Waals surface area contributed by atoms with Gasteiger partial charge in [0.15, 0.2) is 0 Å².